The average Bonchev–Trinajstić information content (AvgIpc) is 2.68. The zero-order valence-corrected chi connectivity index (χ0v) is 23.0. The van der Waals surface area contributed by atoms with Gasteiger partial charge in [-0.1, -0.05) is 12.1 Å². The van der Waals surface area contributed by atoms with Crippen LogP contribution < -0.4 is 16.0 Å². The predicted molar refractivity (Wildman–Crippen MR) is 143 cm³/mol. The molecule has 0 fully saturated rings. The molecule has 32 heavy (non-hydrogen) atoms. The van der Waals surface area contributed by atoms with Crippen LogP contribution in [0.5, 0.6) is 0 Å². The van der Waals surface area contributed by atoms with E-state index in [9.17, 15) is 4.79 Å². The molecule has 3 N–H and O–H groups in total. The molecule has 0 saturated carbocycles. The number of anilines is 1. The van der Waals surface area contributed by atoms with Gasteiger partial charge in [-0.2, -0.15) is 0 Å². The van der Waals surface area contributed by atoms with Crippen LogP contribution in [0.15, 0.2) is 29.3 Å². The largest absolute Gasteiger partial charge is 0.444 e. The molecule has 1 rings (SSSR count). The molecule has 1 unspecified atom stereocenters. The number of carbonyl (C=O) groups is 1. The lowest BCUT2D eigenvalue weighted by Crippen LogP contribution is -2.43. The van der Waals surface area contributed by atoms with Gasteiger partial charge in [-0.25, -0.2) is 4.79 Å². The van der Waals surface area contributed by atoms with E-state index in [4.69, 9.17) is 9.47 Å². The number of nitrogens with zero attached hydrogens (tertiary/aromatic N) is 2. The van der Waals surface area contributed by atoms with Crippen molar-refractivity contribution >= 4 is 41.7 Å². The first-order valence-corrected chi connectivity index (χ1v) is 10.9. The molecule has 0 aromatic heterocycles. The van der Waals surface area contributed by atoms with Crippen LogP contribution >= 0.6 is 24.0 Å². The third kappa shape index (κ3) is 14.5. The van der Waals surface area contributed by atoms with Crippen molar-refractivity contribution in [3.63, 3.8) is 0 Å². The van der Waals surface area contributed by atoms with Gasteiger partial charge in [0.25, 0.3) is 0 Å². The zero-order valence-electron chi connectivity index (χ0n) is 20.7. The van der Waals surface area contributed by atoms with Crippen LogP contribution in [0.2, 0.25) is 0 Å². The summed E-state index contributed by atoms with van der Waals surface area (Å²) in [6, 6.07) is 7.75. The maximum absolute atomic E-state index is 11.8. The van der Waals surface area contributed by atoms with Crippen molar-refractivity contribution in [2.75, 3.05) is 52.7 Å². The summed E-state index contributed by atoms with van der Waals surface area (Å²) in [5.41, 5.74) is 1.36. The summed E-state index contributed by atoms with van der Waals surface area (Å²) in [6.45, 7) is 10.7. The Balaban J connectivity index is 0.00000961. The van der Waals surface area contributed by atoms with Gasteiger partial charge in [-0.3, -0.25) is 10.3 Å². The fourth-order valence-electron chi connectivity index (χ4n) is 2.81. The highest BCUT2D eigenvalue weighted by molar-refractivity contribution is 14.0. The molecule has 0 radical (unpaired) electrons. The van der Waals surface area contributed by atoms with Crippen molar-refractivity contribution in [2.24, 2.45) is 4.99 Å². The van der Waals surface area contributed by atoms with Crippen molar-refractivity contribution < 1.29 is 14.3 Å². The summed E-state index contributed by atoms with van der Waals surface area (Å²) >= 11 is 0. The molecule has 0 aliphatic rings. The lowest BCUT2D eigenvalue weighted by molar-refractivity contribution is 0.0548. The summed E-state index contributed by atoms with van der Waals surface area (Å²) < 4.78 is 11.1. The smallest absolute Gasteiger partial charge is 0.412 e. The molecule has 0 aliphatic heterocycles. The number of hydrogen-bond acceptors (Lipinski definition) is 5. The number of rotatable bonds is 11. The fourth-order valence-corrected chi connectivity index (χ4v) is 2.81. The van der Waals surface area contributed by atoms with Gasteiger partial charge >= 0.3 is 6.09 Å². The van der Waals surface area contributed by atoms with Crippen LogP contribution in [0.25, 0.3) is 0 Å². The van der Waals surface area contributed by atoms with Crippen LogP contribution in [-0.2, 0) is 15.9 Å². The van der Waals surface area contributed by atoms with Crippen LogP contribution in [0, 0.1) is 0 Å². The van der Waals surface area contributed by atoms with Crippen molar-refractivity contribution in [2.45, 2.75) is 52.2 Å². The van der Waals surface area contributed by atoms with Gasteiger partial charge < -0.3 is 25.0 Å². The van der Waals surface area contributed by atoms with Crippen molar-refractivity contribution in [3.05, 3.63) is 29.8 Å². The van der Waals surface area contributed by atoms with Gasteiger partial charge in [0, 0.05) is 39.0 Å². The molecule has 0 heterocycles. The second-order valence-electron chi connectivity index (χ2n) is 8.62. The highest BCUT2D eigenvalue weighted by atomic mass is 127. The summed E-state index contributed by atoms with van der Waals surface area (Å²) in [5.74, 6) is 0.762. The Labute approximate surface area is 210 Å². The number of amides is 1. The quantitative estimate of drug-likeness (QED) is 0.216. The molecule has 9 heteroatoms. The van der Waals surface area contributed by atoms with Gasteiger partial charge in [-0.15, -0.1) is 24.0 Å². The molecular weight excluding hydrogens is 521 g/mol. The lowest BCUT2D eigenvalue weighted by atomic mass is 10.1. The van der Waals surface area contributed by atoms with Crippen molar-refractivity contribution in [1.82, 2.24) is 15.5 Å². The van der Waals surface area contributed by atoms with Crippen LogP contribution in [0.3, 0.4) is 0 Å². The number of halogens is 1. The summed E-state index contributed by atoms with van der Waals surface area (Å²) in [4.78, 5) is 18.3. The van der Waals surface area contributed by atoms with E-state index >= 15 is 0 Å². The van der Waals surface area contributed by atoms with E-state index in [1.807, 2.05) is 52.0 Å². The normalized spacial score (nSPS) is 12.7. The van der Waals surface area contributed by atoms with Gasteiger partial charge in [0.2, 0.25) is 0 Å². The first-order chi connectivity index (χ1) is 14.6. The van der Waals surface area contributed by atoms with E-state index in [-0.39, 0.29) is 30.1 Å². The number of aliphatic imine (C=N–C) groups is 1. The zero-order chi connectivity index (χ0) is 23.3. The molecule has 0 spiro atoms. The lowest BCUT2D eigenvalue weighted by Gasteiger charge is -2.21. The van der Waals surface area contributed by atoms with E-state index < -0.39 is 11.7 Å². The topological polar surface area (TPSA) is 87.2 Å². The Morgan fingerprint density at radius 2 is 1.81 bits per heavy atom. The predicted octanol–water partition coefficient (Wildman–Crippen LogP) is 3.72. The molecular formula is C23H42IN5O3. The van der Waals surface area contributed by atoms with Crippen molar-refractivity contribution in [3.8, 4) is 0 Å². The van der Waals surface area contributed by atoms with Gasteiger partial charge in [-0.05, 0) is 72.3 Å². The molecule has 0 saturated heterocycles. The maximum atomic E-state index is 11.8. The first-order valence-electron chi connectivity index (χ1n) is 10.9. The summed E-state index contributed by atoms with van der Waals surface area (Å²) in [6.07, 6.45) is 1.50. The van der Waals surface area contributed by atoms with E-state index in [0.29, 0.717) is 18.8 Å². The molecule has 0 aliphatic carbocycles. The minimum atomic E-state index is -0.517. The summed E-state index contributed by atoms with van der Waals surface area (Å²) in [7, 11) is 5.90. The standard InChI is InChI=1S/C23H41N5O3.HI/c1-8-30-20(14-16-28(6)7)17-26-21(24-5)25-15-13-18-9-11-19(12-10-18)27-22(29)31-23(2,3)4;/h9-12,20H,8,13-17H2,1-7H3,(H,27,29)(H2,24,25,26);1H. The van der Waals surface area contributed by atoms with E-state index in [0.717, 1.165) is 37.5 Å². The molecule has 0 bridgehead atoms. The number of ether oxygens (including phenoxy) is 2. The average molecular weight is 564 g/mol. The van der Waals surface area contributed by atoms with Gasteiger partial charge in [0.1, 0.15) is 5.60 Å². The molecule has 1 atom stereocenters. The van der Waals surface area contributed by atoms with E-state index in [1.54, 1.807) is 7.05 Å². The van der Waals surface area contributed by atoms with E-state index in [2.05, 4.69) is 39.9 Å². The first kappa shape index (κ1) is 30.4. The highest BCUT2D eigenvalue weighted by Gasteiger charge is 2.16. The summed E-state index contributed by atoms with van der Waals surface area (Å²) in [5, 5.41) is 9.43. The molecule has 8 nitrogen and oxygen atoms in total. The molecule has 1 aromatic carbocycles. The fraction of sp³-hybridized carbons (Fsp3) is 0.652. The Kier molecular flexibility index (Phi) is 15.3. The molecule has 1 amide bonds. The van der Waals surface area contributed by atoms with Crippen LogP contribution in [-0.4, -0.2) is 76.0 Å². The third-order valence-electron chi connectivity index (χ3n) is 4.33. The Hall–Kier alpha value is -1.59. The number of nitrogens with one attached hydrogen (secondary N) is 3. The Morgan fingerprint density at radius 1 is 1.16 bits per heavy atom. The number of carbonyl (C=O) groups excluding carboxylic acids is 1. The minimum absolute atomic E-state index is 0. The minimum Gasteiger partial charge on any atom is -0.444 e. The van der Waals surface area contributed by atoms with Crippen LogP contribution in [0.1, 0.15) is 39.7 Å². The number of guanidine groups is 1. The van der Waals surface area contributed by atoms with Gasteiger partial charge in [0.15, 0.2) is 5.96 Å². The Morgan fingerprint density at radius 3 is 2.34 bits per heavy atom. The Bertz CT molecular complexity index is 675. The second kappa shape index (κ2) is 16.1. The number of benzene rings is 1. The second-order valence-corrected chi connectivity index (χ2v) is 8.62. The van der Waals surface area contributed by atoms with Gasteiger partial charge in [0.05, 0.1) is 6.10 Å². The maximum Gasteiger partial charge on any atom is 0.412 e. The molecule has 184 valence electrons. The molecule has 1 aromatic rings. The highest BCUT2D eigenvalue weighted by Crippen LogP contribution is 2.13. The SMILES string of the molecule is CCOC(CCN(C)C)CNC(=NC)NCCc1ccc(NC(=O)OC(C)(C)C)cc1.I. The third-order valence-corrected chi connectivity index (χ3v) is 4.33. The van der Waals surface area contributed by atoms with Crippen LogP contribution in [0.4, 0.5) is 10.5 Å². The number of hydrogen-bond donors (Lipinski definition) is 3. The van der Waals surface area contributed by atoms with E-state index in [1.165, 1.54) is 0 Å². The van der Waals surface area contributed by atoms with Crippen molar-refractivity contribution in [1.29, 1.82) is 0 Å². The monoisotopic (exact) mass is 563 g/mol.